The summed E-state index contributed by atoms with van der Waals surface area (Å²) < 4.78 is 11.2. The molecule has 0 atom stereocenters. The minimum atomic E-state index is -0.574. The van der Waals surface area contributed by atoms with E-state index in [-0.39, 0.29) is 16.4 Å². The minimum Gasteiger partial charge on any atom is -0.436 e. The van der Waals surface area contributed by atoms with E-state index in [1.807, 2.05) is 4.90 Å². The van der Waals surface area contributed by atoms with Crippen molar-refractivity contribution in [3.05, 3.63) is 80.3 Å². The molecule has 38 heavy (non-hydrogen) atoms. The maximum Gasteiger partial charge on any atom is 0.270 e. The maximum atomic E-state index is 13.1. The number of carbonyl (C=O) groups is 1. The van der Waals surface area contributed by atoms with Crippen molar-refractivity contribution in [2.24, 2.45) is 0 Å². The third-order valence-corrected chi connectivity index (χ3v) is 6.57. The van der Waals surface area contributed by atoms with Crippen molar-refractivity contribution in [2.45, 2.75) is 0 Å². The molecule has 3 aromatic carbocycles. The van der Waals surface area contributed by atoms with Gasteiger partial charge < -0.3 is 19.4 Å². The number of nitrogens with one attached hydrogen (secondary N) is 2. The molecular weight excluding hydrogens is 553 g/mol. The average Bonchev–Trinajstić information content (AvgIpc) is 3.31. The molecule has 1 amide bonds. The SMILES string of the molecule is O=C(NC(=S)Nc1ccc2oc(-c3ccc(Cl)cc3Cl)nc2c1)c1cc([N+](=O)[O-])ccc1N1CCOCC1. The molecule has 4 aromatic rings. The first-order valence-corrected chi connectivity index (χ1v) is 12.5. The summed E-state index contributed by atoms with van der Waals surface area (Å²) in [5.74, 6) is -0.245. The fourth-order valence-corrected chi connectivity index (χ4v) is 4.72. The Kier molecular flexibility index (Phi) is 7.43. The lowest BCUT2D eigenvalue weighted by Crippen LogP contribution is -2.39. The molecule has 0 aliphatic carbocycles. The molecule has 0 radical (unpaired) electrons. The number of carbonyl (C=O) groups excluding carboxylic acids is 1. The van der Waals surface area contributed by atoms with Gasteiger partial charge in [0, 0.05) is 35.9 Å². The third-order valence-electron chi connectivity index (χ3n) is 5.82. The molecule has 1 fully saturated rings. The molecule has 1 aliphatic heterocycles. The van der Waals surface area contributed by atoms with Crippen LogP contribution in [0.4, 0.5) is 17.1 Å². The van der Waals surface area contributed by atoms with Gasteiger partial charge in [-0.1, -0.05) is 23.2 Å². The lowest BCUT2D eigenvalue weighted by atomic mass is 10.1. The van der Waals surface area contributed by atoms with E-state index in [0.29, 0.717) is 70.3 Å². The van der Waals surface area contributed by atoms with Crippen LogP contribution in [-0.2, 0) is 4.74 Å². The van der Waals surface area contributed by atoms with Crippen LogP contribution < -0.4 is 15.5 Å². The zero-order valence-electron chi connectivity index (χ0n) is 19.6. The highest BCUT2D eigenvalue weighted by Crippen LogP contribution is 2.32. The number of hydrogen-bond donors (Lipinski definition) is 2. The molecule has 10 nitrogen and oxygen atoms in total. The molecule has 0 saturated carbocycles. The molecule has 13 heteroatoms. The number of thiocarbonyl (C=S) groups is 1. The van der Waals surface area contributed by atoms with E-state index in [9.17, 15) is 14.9 Å². The van der Waals surface area contributed by atoms with Crippen LogP contribution in [-0.4, -0.2) is 47.2 Å². The molecule has 0 bridgehead atoms. The zero-order valence-corrected chi connectivity index (χ0v) is 21.9. The Labute approximate surface area is 231 Å². The summed E-state index contributed by atoms with van der Waals surface area (Å²) in [6, 6.07) is 14.3. The molecule has 0 spiro atoms. The van der Waals surface area contributed by atoms with Crippen molar-refractivity contribution in [3.63, 3.8) is 0 Å². The number of nitro groups is 1. The Morgan fingerprint density at radius 1 is 1.08 bits per heavy atom. The highest BCUT2D eigenvalue weighted by Gasteiger charge is 2.23. The Bertz CT molecular complexity index is 1570. The summed E-state index contributed by atoms with van der Waals surface area (Å²) in [5.41, 5.74) is 2.73. The summed E-state index contributed by atoms with van der Waals surface area (Å²) in [6.07, 6.45) is 0. The number of anilines is 2. The number of nitrogens with zero attached hydrogens (tertiary/aromatic N) is 3. The van der Waals surface area contributed by atoms with Gasteiger partial charge in [-0.2, -0.15) is 0 Å². The summed E-state index contributed by atoms with van der Waals surface area (Å²) in [4.78, 5) is 30.4. The number of rotatable bonds is 5. The Morgan fingerprint density at radius 3 is 2.61 bits per heavy atom. The summed E-state index contributed by atoms with van der Waals surface area (Å²) in [6.45, 7) is 2.10. The number of morpholine rings is 1. The smallest absolute Gasteiger partial charge is 0.270 e. The Morgan fingerprint density at radius 2 is 1.87 bits per heavy atom. The van der Waals surface area contributed by atoms with Crippen molar-refractivity contribution in [1.29, 1.82) is 0 Å². The molecular formula is C25H19Cl2N5O5S. The highest BCUT2D eigenvalue weighted by molar-refractivity contribution is 7.80. The molecule has 2 heterocycles. The summed E-state index contributed by atoms with van der Waals surface area (Å²) in [5, 5.41) is 17.8. The third kappa shape index (κ3) is 5.55. The second-order valence-corrected chi connectivity index (χ2v) is 9.54. The van der Waals surface area contributed by atoms with Crippen molar-refractivity contribution >= 4 is 74.6 Å². The molecule has 0 unspecified atom stereocenters. The van der Waals surface area contributed by atoms with Gasteiger partial charge in [0.05, 0.1) is 40.0 Å². The lowest BCUT2D eigenvalue weighted by molar-refractivity contribution is -0.384. The normalized spacial score (nSPS) is 13.4. The highest BCUT2D eigenvalue weighted by atomic mass is 35.5. The summed E-state index contributed by atoms with van der Waals surface area (Å²) in [7, 11) is 0. The molecule has 2 N–H and O–H groups in total. The van der Waals surface area contributed by atoms with Crippen molar-refractivity contribution in [2.75, 3.05) is 36.5 Å². The van der Waals surface area contributed by atoms with E-state index in [4.69, 9.17) is 44.6 Å². The molecule has 5 rings (SSSR count). The number of halogens is 2. The van der Waals surface area contributed by atoms with Crippen LogP contribution in [0.1, 0.15) is 10.4 Å². The van der Waals surface area contributed by atoms with Crippen molar-refractivity contribution in [3.8, 4) is 11.5 Å². The predicted octanol–water partition coefficient (Wildman–Crippen LogP) is 5.67. The van der Waals surface area contributed by atoms with Crippen LogP contribution in [0.5, 0.6) is 0 Å². The van der Waals surface area contributed by atoms with Crippen molar-refractivity contribution < 1.29 is 18.9 Å². The van der Waals surface area contributed by atoms with Gasteiger partial charge in [0.2, 0.25) is 5.89 Å². The number of ether oxygens (including phenoxy) is 1. The largest absolute Gasteiger partial charge is 0.436 e. The standard InChI is InChI=1S/C25H19Cl2N5O5S/c26-14-1-4-17(19(27)11-14)24-29-20-12-15(2-6-22(20)37-24)28-25(38)30-23(33)18-13-16(32(34)35)3-5-21(18)31-7-9-36-10-8-31/h1-6,11-13H,7-10H2,(H2,28,30,33,38). The van der Waals surface area contributed by atoms with Crippen molar-refractivity contribution in [1.82, 2.24) is 10.3 Å². The Hall–Kier alpha value is -3.77. The van der Waals surface area contributed by atoms with Gasteiger partial charge in [-0.15, -0.1) is 0 Å². The first kappa shape index (κ1) is 25.9. The maximum absolute atomic E-state index is 13.1. The van der Waals surface area contributed by atoms with Crippen LogP contribution in [0.15, 0.2) is 59.0 Å². The molecule has 194 valence electrons. The number of hydrogen-bond acceptors (Lipinski definition) is 8. The number of non-ortho nitro benzene ring substituents is 1. The van der Waals surface area contributed by atoms with Gasteiger partial charge in [-0.25, -0.2) is 4.98 Å². The zero-order chi connectivity index (χ0) is 26.8. The minimum absolute atomic E-state index is 0.0123. The number of nitro benzene ring substituents is 1. The number of amides is 1. The fraction of sp³-hybridized carbons (Fsp3) is 0.160. The van der Waals surface area contributed by atoms with Gasteiger partial charge in [-0.3, -0.25) is 20.2 Å². The quantitative estimate of drug-likeness (QED) is 0.177. The number of aromatic nitrogens is 1. The molecule has 1 saturated heterocycles. The van der Waals surface area contributed by atoms with Crippen LogP contribution in [0.2, 0.25) is 10.0 Å². The number of fused-ring (bicyclic) bond motifs is 1. The monoisotopic (exact) mass is 571 g/mol. The summed E-state index contributed by atoms with van der Waals surface area (Å²) >= 11 is 17.6. The Balaban J connectivity index is 1.34. The van der Waals surface area contributed by atoms with Crippen LogP contribution in [0, 0.1) is 10.1 Å². The number of benzene rings is 3. The van der Waals surface area contributed by atoms with Gasteiger partial charge in [0.15, 0.2) is 10.7 Å². The molecule has 1 aliphatic rings. The second kappa shape index (κ2) is 10.9. The van der Waals surface area contributed by atoms with E-state index >= 15 is 0 Å². The second-order valence-electron chi connectivity index (χ2n) is 8.29. The fourth-order valence-electron chi connectivity index (χ4n) is 4.02. The van der Waals surface area contributed by atoms with Gasteiger partial charge in [0.25, 0.3) is 11.6 Å². The van der Waals surface area contributed by atoms with E-state index in [1.165, 1.54) is 12.1 Å². The van der Waals surface area contributed by atoms with E-state index in [1.54, 1.807) is 42.5 Å². The van der Waals surface area contributed by atoms with Gasteiger partial charge >= 0.3 is 0 Å². The molecule has 1 aromatic heterocycles. The van der Waals surface area contributed by atoms with Crippen LogP contribution >= 0.6 is 35.4 Å². The van der Waals surface area contributed by atoms with E-state index in [2.05, 4.69) is 15.6 Å². The van der Waals surface area contributed by atoms with Gasteiger partial charge in [-0.05, 0) is 54.7 Å². The lowest BCUT2D eigenvalue weighted by Gasteiger charge is -2.30. The first-order valence-electron chi connectivity index (χ1n) is 11.4. The van der Waals surface area contributed by atoms with E-state index in [0.717, 1.165) is 0 Å². The van der Waals surface area contributed by atoms with Crippen LogP contribution in [0.25, 0.3) is 22.6 Å². The van der Waals surface area contributed by atoms with E-state index < -0.39 is 10.8 Å². The average molecular weight is 572 g/mol. The first-order chi connectivity index (χ1) is 18.3. The van der Waals surface area contributed by atoms with Crippen LogP contribution in [0.3, 0.4) is 0 Å². The topological polar surface area (TPSA) is 123 Å². The predicted molar refractivity (Wildman–Crippen MR) is 149 cm³/mol. The van der Waals surface area contributed by atoms with Gasteiger partial charge in [0.1, 0.15) is 5.52 Å². The number of oxazole rings is 1.